The Labute approximate surface area is 126 Å². The molecule has 0 radical (unpaired) electrons. The van der Waals surface area contributed by atoms with E-state index in [9.17, 15) is 0 Å². The lowest BCUT2D eigenvalue weighted by molar-refractivity contribution is 0.322. The quantitative estimate of drug-likeness (QED) is 0.569. The highest BCUT2D eigenvalue weighted by Gasteiger charge is 2.44. The molecule has 20 heavy (non-hydrogen) atoms. The van der Waals surface area contributed by atoms with Gasteiger partial charge in [-0.15, -0.1) is 0 Å². The maximum atomic E-state index is 6.57. The molecular formula is C18H30OSi. The molecule has 1 rings (SSSR count). The molecule has 1 aromatic carbocycles. The van der Waals surface area contributed by atoms with E-state index < -0.39 is 8.32 Å². The first kappa shape index (κ1) is 17.2. The Morgan fingerprint density at radius 2 is 1.40 bits per heavy atom. The van der Waals surface area contributed by atoms with Crippen LogP contribution in [0.25, 0.3) is 5.57 Å². The summed E-state index contributed by atoms with van der Waals surface area (Å²) in [5.74, 6) is 0. The predicted octanol–water partition coefficient (Wildman–Crippen LogP) is 5.89. The SMILES string of the molecule is C=C(CO[Si](C(C)C)(C(C)C)C(C)C)c1ccccc1. The van der Waals surface area contributed by atoms with Gasteiger partial charge < -0.3 is 4.43 Å². The Kier molecular flexibility index (Phi) is 6.22. The summed E-state index contributed by atoms with van der Waals surface area (Å²) in [5, 5.41) is 0. The molecular weight excluding hydrogens is 260 g/mol. The third-order valence-electron chi connectivity index (χ3n) is 4.39. The Morgan fingerprint density at radius 1 is 0.950 bits per heavy atom. The lowest BCUT2D eigenvalue weighted by Crippen LogP contribution is -2.48. The van der Waals surface area contributed by atoms with Crippen molar-refractivity contribution in [3.05, 3.63) is 42.5 Å². The smallest absolute Gasteiger partial charge is 0.200 e. The topological polar surface area (TPSA) is 9.23 Å². The largest absolute Gasteiger partial charge is 0.412 e. The van der Waals surface area contributed by atoms with E-state index in [-0.39, 0.29) is 0 Å². The van der Waals surface area contributed by atoms with Crippen LogP contribution in [0.15, 0.2) is 36.9 Å². The summed E-state index contributed by atoms with van der Waals surface area (Å²) < 4.78 is 6.57. The second-order valence-corrected chi connectivity index (χ2v) is 12.0. The monoisotopic (exact) mass is 290 g/mol. The third-order valence-corrected chi connectivity index (χ3v) is 10.4. The van der Waals surface area contributed by atoms with Crippen molar-refractivity contribution >= 4 is 13.9 Å². The lowest BCUT2D eigenvalue weighted by atomic mass is 10.1. The van der Waals surface area contributed by atoms with E-state index in [1.165, 1.54) is 5.56 Å². The summed E-state index contributed by atoms with van der Waals surface area (Å²) in [6, 6.07) is 10.4. The first-order chi connectivity index (χ1) is 9.32. The van der Waals surface area contributed by atoms with Crippen molar-refractivity contribution in [3.8, 4) is 0 Å². The molecule has 0 unspecified atom stereocenters. The summed E-state index contributed by atoms with van der Waals surface area (Å²) >= 11 is 0. The number of benzene rings is 1. The van der Waals surface area contributed by atoms with Gasteiger partial charge in [-0.1, -0.05) is 78.5 Å². The van der Waals surface area contributed by atoms with Gasteiger partial charge in [-0.05, 0) is 27.8 Å². The average molecular weight is 291 g/mol. The van der Waals surface area contributed by atoms with Crippen LogP contribution in [0.3, 0.4) is 0 Å². The second kappa shape index (κ2) is 7.23. The Hall–Kier alpha value is -0.863. The molecule has 1 aromatic rings. The van der Waals surface area contributed by atoms with Crippen molar-refractivity contribution in [2.24, 2.45) is 0 Å². The van der Waals surface area contributed by atoms with E-state index in [1.807, 2.05) is 6.07 Å². The Balaban J connectivity index is 2.85. The summed E-state index contributed by atoms with van der Waals surface area (Å²) in [7, 11) is -1.78. The Bertz CT molecular complexity index is 399. The zero-order valence-corrected chi connectivity index (χ0v) is 14.9. The van der Waals surface area contributed by atoms with Crippen LogP contribution in [0, 0.1) is 0 Å². The minimum Gasteiger partial charge on any atom is -0.412 e. The summed E-state index contributed by atoms with van der Waals surface area (Å²) in [6.45, 7) is 18.8. The van der Waals surface area contributed by atoms with Crippen molar-refractivity contribution in [2.45, 2.75) is 58.2 Å². The van der Waals surface area contributed by atoms with Crippen LogP contribution in [0.2, 0.25) is 16.6 Å². The van der Waals surface area contributed by atoms with Gasteiger partial charge in [0.2, 0.25) is 8.32 Å². The van der Waals surface area contributed by atoms with Crippen LogP contribution in [0.5, 0.6) is 0 Å². The van der Waals surface area contributed by atoms with E-state index >= 15 is 0 Å². The summed E-state index contributed by atoms with van der Waals surface area (Å²) in [6.07, 6.45) is 0. The molecule has 0 aliphatic rings. The summed E-state index contributed by atoms with van der Waals surface area (Å²) in [5.41, 5.74) is 4.12. The number of hydrogen-bond acceptors (Lipinski definition) is 1. The molecule has 0 fully saturated rings. The first-order valence-electron chi connectivity index (χ1n) is 7.69. The minimum absolute atomic E-state index is 0.617. The molecule has 0 amide bonds. The Morgan fingerprint density at radius 3 is 1.80 bits per heavy atom. The molecule has 0 N–H and O–H groups in total. The normalized spacial score (nSPS) is 12.4. The summed E-state index contributed by atoms with van der Waals surface area (Å²) in [4.78, 5) is 0. The van der Waals surface area contributed by atoms with E-state index in [1.54, 1.807) is 0 Å². The van der Waals surface area contributed by atoms with Gasteiger partial charge in [0.15, 0.2) is 0 Å². The molecule has 0 spiro atoms. The third kappa shape index (κ3) is 3.61. The maximum Gasteiger partial charge on any atom is 0.200 e. The highest BCUT2D eigenvalue weighted by atomic mass is 28.4. The van der Waals surface area contributed by atoms with Gasteiger partial charge in [0.25, 0.3) is 0 Å². The van der Waals surface area contributed by atoms with Crippen molar-refractivity contribution in [1.82, 2.24) is 0 Å². The van der Waals surface area contributed by atoms with Crippen LogP contribution in [-0.2, 0) is 4.43 Å². The molecule has 0 atom stereocenters. The van der Waals surface area contributed by atoms with E-state index in [0.29, 0.717) is 23.2 Å². The molecule has 0 aromatic heterocycles. The van der Waals surface area contributed by atoms with Gasteiger partial charge in [-0.3, -0.25) is 0 Å². The van der Waals surface area contributed by atoms with E-state index in [0.717, 1.165) is 5.57 Å². The molecule has 0 aliphatic carbocycles. The minimum atomic E-state index is -1.78. The van der Waals surface area contributed by atoms with Crippen LogP contribution < -0.4 is 0 Å². The molecule has 0 bridgehead atoms. The fourth-order valence-electron chi connectivity index (χ4n) is 3.47. The highest BCUT2D eigenvalue weighted by Crippen LogP contribution is 2.42. The molecule has 2 heteroatoms. The molecule has 1 nitrogen and oxygen atoms in total. The first-order valence-corrected chi connectivity index (χ1v) is 9.83. The van der Waals surface area contributed by atoms with Gasteiger partial charge in [0.05, 0.1) is 6.61 Å². The standard InChI is InChI=1S/C18H30OSi/c1-14(2)20(15(3)4,16(5)6)19-13-17(7)18-11-9-8-10-12-18/h8-12,14-16H,7,13H2,1-6H3. The van der Waals surface area contributed by atoms with Gasteiger partial charge >= 0.3 is 0 Å². The predicted molar refractivity (Wildman–Crippen MR) is 92.5 cm³/mol. The van der Waals surface area contributed by atoms with Crippen LogP contribution >= 0.6 is 0 Å². The number of rotatable bonds is 7. The van der Waals surface area contributed by atoms with Gasteiger partial charge in [-0.25, -0.2) is 0 Å². The zero-order chi connectivity index (χ0) is 15.3. The van der Waals surface area contributed by atoms with Crippen LogP contribution in [-0.4, -0.2) is 14.9 Å². The fourth-order valence-corrected chi connectivity index (χ4v) is 8.89. The van der Waals surface area contributed by atoms with Crippen LogP contribution in [0.4, 0.5) is 0 Å². The molecule has 0 aliphatic heterocycles. The molecule has 0 saturated heterocycles. The van der Waals surface area contributed by atoms with Gasteiger partial charge in [0.1, 0.15) is 0 Å². The molecule has 112 valence electrons. The van der Waals surface area contributed by atoms with Crippen molar-refractivity contribution in [2.75, 3.05) is 6.61 Å². The average Bonchev–Trinajstić information content (AvgIpc) is 2.38. The van der Waals surface area contributed by atoms with Crippen molar-refractivity contribution in [3.63, 3.8) is 0 Å². The molecule has 0 saturated carbocycles. The van der Waals surface area contributed by atoms with E-state index in [2.05, 4.69) is 72.4 Å². The number of hydrogen-bond donors (Lipinski definition) is 0. The van der Waals surface area contributed by atoms with Crippen molar-refractivity contribution in [1.29, 1.82) is 0 Å². The molecule has 0 heterocycles. The fraction of sp³-hybridized carbons (Fsp3) is 0.556. The van der Waals surface area contributed by atoms with Crippen LogP contribution in [0.1, 0.15) is 47.1 Å². The van der Waals surface area contributed by atoms with Gasteiger partial charge in [-0.2, -0.15) is 0 Å². The van der Waals surface area contributed by atoms with Crippen molar-refractivity contribution < 1.29 is 4.43 Å². The second-order valence-electron chi connectivity index (χ2n) is 6.58. The zero-order valence-electron chi connectivity index (χ0n) is 13.9. The maximum absolute atomic E-state index is 6.57. The van der Waals surface area contributed by atoms with Gasteiger partial charge in [0, 0.05) is 0 Å². The highest BCUT2D eigenvalue weighted by molar-refractivity contribution is 6.77. The van der Waals surface area contributed by atoms with E-state index in [4.69, 9.17) is 4.43 Å². The lowest BCUT2D eigenvalue weighted by Gasteiger charge is -2.42.